The molecule has 3 aliphatic rings. The van der Waals surface area contributed by atoms with E-state index in [2.05, 4.69) is 56.9 Å². The Labute approximate surface area is 134 Å². The van der Waals surface area contributed by atoms with Gasteiger partial charge in [0.1, 0.15) is 6.23 Å². The molecule has 1 saturated carbocycles. The first-order chi connectivity index (χ1) is 10.5. The van der Waals surface area contributed by atoms with Gasteiger partial charge >= 0.3 is 0 Å². The Hall–Kier alpha value is -0.860. The maximum absolute atomic E-state index is 6.70. The first-order valence-electron chi connectivity index (χ1n) is 8.99. The number of fused-ring (bicyclic) bond motifs is 4. The van der Waals surface area contributed by atoms with Crippen LogP contribution in [0.2, 0.25) is 0 Å². The molecule has 2 fully saturated rings. The zero-order chi connectivity index (χ0) is 15.5. The Balaban J connectivity index is 1.75. The minimum Gasteiger partial charge on any atom is -0.355 e. The molecule has 0 N–H and O–H groups in total. The minimum atomic E-state index is 0.161. The van der Waals surface area contributed by atoms with Crippen LogP contribution in [0.4, 0.5) is 0 Å². The van der Waals surface area contributed by atoms with Crippen LogP contribution >= 0.6 is 0 Å². The van der Waals surface area contributed by atoms with Crippen molar-refractivity contribution < 1.29 is 4.74 Å². The van der Waals surface area contributed by atoms with E-state index < -0.39 is 0 Å². The Morgan fingerprint density at radius 2 is 1.82 bits per heavy atom. The lowest BCUT2D eigenvalue weighted by atomic mass is 9.68. The average Bonchev–Trinajstić information content (AvgIpc) is 2.49. The predicted octanol–water partition coefficient (Wildman–Crippen LogP) is 4.72. The van der Waals surface area contributed by atoms with E-state index in [4.69, 9.17) is 4.74 Å². The average molecular weight is 299 g/mol. The second kappa shape index (κ2) is 5.07. The number of ether oxygens (including phenoxy) is 1. The topological polar surface area (TPSA) is 12.5 Å². The van der Waals surface area contributed by atoms with Crippen LogP contribution in [0, 0.1) is 11.8 Å². The van der Waals surface area contributed by atoms with E-state index in [0.29, 0.717) is 17.9 Å². The van der Waals surface area contributed by atoms with Gasteiger partial charge in [-0.2, -0.15) is 0 Å². The second-order valence-electron chi connectivity index (χ2n) is 8.39. The summed E-state index contributed by atoms with van der Waals surface area (Å²) in [6, 6.07) is 8.92. The fourth-order valence-corrected chi connectivity index (χ4v) is 5.19. The lowest BCUT2D eigenvalue weighted by molar-refractivity contribution is -0.242. The van der Waals surface area contributed by atoms with Gasteiger partial charge in [-0.1, -0.05) is 44.5 Å². The standard InChI is InChI=1S/C20H29NO/c1-13-9-10-17-18(11-13)22-19-16-8-6-5-7-15(16)14(2)12-21(19)20(17,3)4/h5-8,13-14,17-19H,9-12H2,1-4H3/t13-,14+,17-,18-,19+/m1/s1. The number of hydrogen-bond donors (Lipinski definition) is 0. The molecule has 2 nitrogen and oxygen atoms in total. The molecule has 0 amide bonds. The van der Waals surface area contributed by atoms with E-state index >= 15 is 0 Å². The molecule has 2 heteroatoms. The molecule has 5 atom stereocenters. The van der Waals surface area contributed by atoms with Gasteiger partial charge in [-0.25, -0.2) is 0 Å². The van der Waals surface area contributed by atoms with E-state index in [1.54, 1.807) is 0 Å². The molecule has 0 aromatic heterocycles. The van der Waals surface area contributed by atoms with Crippen LogP contribution in [0.15, 0.2) is 24.3 Å². The summed E-state index contributed by atoms with van der Waals surface area (Å²) in [6.07, 6.45) is 4.50. The summed E-state index contributed by atoms with van der Waals surface area (Å²) < 4.78 is 6.70. The van der Waals surface area contributed by atoms with Crippen molar-refractivity contribution in [3.8, 4) is 0 Å². The Bertz CT molecular complexity index is 567. The zero-order valence-electron chi connectivity index (χ0n) is 14.4. The van der Waals surface area contributed by atoms with Gasteiger partial charge < -0.3 is 4.74 Å². The van der Waals surface area contributed by atoms with Crippen LogP contribution in [0.1, 0.15) is 70.2 Å². The smallest absolute Gasteiger partial charge is 0.137 e. The quantitative estimate of drug-likeness (QED) is 0.687. The van der Waals surface area contributed by atoms with Crippen molar-refractivity contribution in [1.82, 2.24) is 4.90 Å². The molecule has 2 aliphatic heterocycles. The summed E-state index contributed by atoms with van der Waals surface area (Å²) >= 11 is 0. The van der Waals surface area contributed by atoms with Crippen molar-refractivity contribution >= 4 is 0 Å². The van der Waals surface area contributed by atoms with Gasteiger partial charge in [0.05, 0.1) is 6.10 Å². The molecule has 1 aromatic rings. The number of rotatable bonds is 0. The molecule has 0 bridgehead atoms. The highest BCUT2D eigenvalue weighted by Gasteiger charge is 2.52. The molecule has 2 heterocycles. The highest BCUT2D eigenvalue weighted by atomic mass is 16.5. The molecule has 1 aliphatic carbocycles. The summed E-state index contributed by atoms with van der Waals surface area (Å²) in [4.78, 5) is 2.65. The van der Waals surface area contributed by atoms with Crippen LogP contribution in [0.3, 0.4) is 0 Å². The summed E-state index contributed by atoms with van der Waals surface area (Å²) in [5.74, 6) is 2.08. The number of hydrogen-bond acceptors (Lipinski definition) is 2. The van der Waals surface area contributed by atoms with E-state index in [1.165, 1.54) is 30.4 Å². The lowest BCUT2D eigenvalue weighted by Gasteiger charge is -2.59. The zero-order valence-corrected chi connectivity index (χ0v) is 14.4. The van der Waals surface area contributed by atoms with Crippen LogP contribution < -0.4 is 0 Å². The van der Waals surface area contributed by atoms with Gasteiger partial charge in [-0.15, -0.1) is 0 Å². The first kappa shape index (κ1) is 14.7. The second-order valence-corrected chi connectivity index (χ2v) is 8.39. The monoisotopic (exact) mass is 299 g/mol. The Morgan fingerprint density at radius 3 is 2.59 bits per heavy atom. The summed E-state index contributed by atoms with van der Waals surface area (Å²) in [5.41, 5.74) is 3.13. The third-order valence-electron chi connectivity index (χ3n) is 6.55. The molecule has 0 radical (unpaired) electrons. The molecule has 22 heavy (non-hydrogen) atoms. The van der Waals surface area contributed by atoms with E-state index in [1.807, 2.05) is 0 Å². The van der Waals surface area contributed by atoms with E-state index in [9.17, 15) is 0 Å². The van der Waals surface area contributed by atoms with Crippen molar-refractivity contribution in [2.75, 3.05) is 6.54 Å². The predicted molar refractivity (Wildman–Crippen MR) is 89.8 cm³/mol. The number of nitrogens with zero attached hydrogens (tertiary/aromatic N) is 1. The highest BCUT2D eigenvalue weighted by molar-refractivity contribution is 5.35. The molecular weight excluding hydrogens is 270 g/mol. The van der Waals surface area contributed by atoms with Crippen molar-refractivity contribution in [3.05, 3.63) is 35.4 Å². The van der Waals surface area contributed by atoms with Crippen LogP contribution in [0.25, 0.3) is 0 Å². The molecule has 4 rings (SSSR count). The van der Waals surface area contributed by atoms with Crippen molar-refractivity contribution in [2.45, 2.75) is 70.7 Å². The van der Waals surface area contributed by atoms with Crippen molar-refractivity contribution in [1.29, 1.82) is 0 Å². The van der Waals surface area contributed by atoms with Gasteiger partial charge in [0.15, 0.2) is 0 Å². The fraction of sp³-hybridized carbons (Fsp3) is 0.700. The maximum atomic E-state index is 6.70. The van der Waals surface area contributed by atoms with Gasteiger partial charge in [0.25, 0.3) is 0 Å². The van der Waals surface area contributed by atoms with Crippen LogP contribution in [-0.4, -0.2) is 23.1 Å². The SMILES string of the molecule is C[C@@H]1CC[C@@H]2[C@@H](C1)O[C@H]1c3ccccc3[C@@H](C)CN1C2(C)C. The van der Waals surface area contributed by atoms with Crippen molar-refractivity contribution in [3.63, 3.8) is 0 Å². The molecule has 0 unspecified atom stereocenters. The van der Waals surface area contributed by atoms with E-state index in [-0.39, 0.29) is 11.8 Å². The van der Waals surface area contributed by atoms with Gasteiger partial charge in [0.2, 0.25) is 0 Å². The molecule has 0 spiro atoms. The summed E-state index contributed by atoms with van der Waals surface area (Å²) in [5, 5.41) is 0. The normalized spacial score (nSPS) is 40.5. The molecule has 1 saturated heterocycles. The number of benzene rings is 1. The van der Waals surface area contributed by atoms with Crippen molar-refractivity contribution in [2.24, 2.45) is 11.8 Å². The highest BCUT2D eigenvalue weighted by Crippen LogP contribution is 2.52. The molecule has 120 valence electrons. The van der Waals surface area contributed by atoms with Gasteiger partial charge in [-0.05, 0) is 49.7 Å². The van der Waals surface area contributed by atoms with Crippen LogP contribution in [-0.2, 0) is 4.74 Å². The van der Waals surface area contributed by atoms with Crippen LogP contribution in [0.5, 0.6) is 0 Å². The lowest BCUT2D eigenvalue weighted by Crippen LogP contribution is -2.63. The Morgan fingerprint density at radius 1 is 1.09 bits per heavy atom. The largest absolute Gasteiger partial charge is 0.355 e. The maximum Gasteiger partial charge on any atom is 0.137 e. The van der Waals surface area contributed by atoms with E-state index in [0.717, 1.165) is 12.5 Å². The molecule has 1 aromatic carbocycles. The fourth-order valence-electron chi connectivity index (χ4n) is 5.19. The van der Waals surface area contributed by atoms with Gasteiger partial charge in [-0.3, -0.25) is 4.90 Å². The third-order valence-corrected chi connectivity index (χ3v) is 6.55. The summed E-state index contributed by atoms with van der Waals surface area (Å²) in [7, 11) is 0. The molecular formula is C20H29NO. The minimum absolute atomic E-state index is 0.161. The third kappa shape index (κ3) is 2.07. The first-order valence-corrected chi connectivity index (χ1v) is 8.99. The summed E-state index contributed by atoms with van der Waals surface area (Å²) in [6.45, 7) is 10.8. The van der Waals surface area contributed by atoms with Gasteiger partial charge in [0, 0.05) is 18.0 Å². The Kier molecular flexibility index (Phi) is 3.39.